The number of para-hydroxylation sites is 1. The summed E-state index contributed by atoms with van der Waals surface area (Å²) in [5, 5.41) is 1.01. The highest BCUT2D eigenvalue weighted by Gasteiger charge is 2.28. The Morgan fingerprint density at radius 3 is 2.44 bits per heavy atom. The molecule has 0 aliphatic rings. The minimum atomic E-state index is 0.272. The summed E-state index contributed by atoms with van der Waals surface area (Å²) in [6.45, 7) is 6.87. The van der Waals surface area contributed by atoms with Crippen LogP contribution in [0, 0.1) is 11.3 Å². The summed E-state index contributed by atoms with van der Waals surface area (Å²) < 4.78 is 5.40. The molecule has 1 unspecified atom stereocenters. The maximum absolute atomic E-state index is 5.40. The van der Waals surface area contributed by atoms with Gasteiger partial charge in [-0.25, -0.2) is 0 Å². The van der Waals surface area contributed by atoms with Crippen LogP contribution in [0.15, 0.2) is 24.3 Å². The molecule has 0 aliphatic heterocycles. The van der Waals surface area contributed by atoms with Crippen LogP contribution in [0.1, 0.15) is 26.3 Å². The van der Waals surface area contributed by atoms with Crippen molar-refractivity contribution in [3.05, 3.63) is 29.8 Å². The minimum absolute atomic E-state index is 0.272. The molecule has 1 aromatic rings. The third-order valence-electron chi connectivity index (χ3n) is 3.49. The molecule has 1 rings (SSSR count). The van der Waals surface area contributed by atoms with Gasteiger partial charge in [0.1, 0.15) is 5.75 Å². The summed E-state index contributed by atoms with van der Waals surface area (Å²) in [6.07, 6.45) is 1.04. The van der Waals surface area contributed by atoms with E-state index in [9.17, 15) is 0 Å². The van der Waals surface area contributed by atoms with Gasteiger partial charge in [-0.15, -0.1) is 0 Å². The van der Waals surface area contributed by atoms with E-state index in [0.29, 0.717) is 5.92 Å². The van der Waals surface area contributed by atoms with Gasteiger partial charge in [-0.05, 0) is 29.4 Å². The molecule has 0 N–H and O–H groups in total. The Balaban J connectivity index is 2.94. The van der Waals surface area contributed by atoms with Crippen molar-refractivity contribution < 1.29 is 4.74 Å². The third kappa shape index (κ3) is 3.00. The second-order valence-electron chi connectivity index (χ2n) is 4.93. The van der Waals surface area contributed by atoms with Gasteiger partial charge < -0.3 is 4.74 Å². The zero-order valence-electron chi connectivity index (χ0n) is 10.6. The number of rotatable bonds is 5. The fraction of sp³-hybridized carbons (Fsp3) is 0.571. The number of methoxy groups -OCH3 is 1. The molecule has 0 saturated heterocycles. The lowest BCUT2D eigenvalue weighted by Gasteiger charge is -2.32. The monoisotopic (exact) mass is 284 g/mol. The topological polar surface area (TPSA) is 9.23 Å². The third-order valence-corrected chi connectivity index (χ3v) is 4.77. The first-order valence-electron chi connectivity index (χ1n) is 5.71. The summed E-state index contributed by atoms with van der Waals surface area (Å²) in [7, 11) is 1.74. The molecule has 0 spiro atoms. The first-order valence-corrected chi connectivity index (χ1v) is 6.83. The Kier molecular flexibility index (Phi) is 4.85. The highest BCUT2D eigenvalue weighted by Crippen LogP contribution is 2.35. The van der Waals surface area contributed by atoms with Gasteiger partial charge in [0.15, 0.2) is 0 Å². The fourth-order valence-electron chi connectivity index (χ4n) is 1.69. The molecule has 2 heteroatoms. The average molecular weight is 285 g/mol. The predicted octanol–water partition coefficient (Wildman–Crippen LogP) is 4.29. The zero-order valence-corrected chi connectivity index (χ0v) is 12.2. The van der Waals surface area contributed by atoms with Gasteiger partial charge in [0, 0.05) is 5.33 Å². The fourth-order valence-corrected chi connectivity index (χ4v) is 2.54. The van der Waals surface area contributed by atoms with E-state index in [0.717, 1.165) is 17.5 Å². The summed E-state index contributed by atoms with van der Waals surface area (Å²) in [5.74, 6) is 1.63. The van der Waals surface area contributed by atoms with E-state index < -0.39 is 0 Å². The van der Waals surface area contributed by atoms with E-state index >= 15 is 0 Å². The lowest BCUT2D eigenvalue weighted by molar-refractivity contribution is 0.254. The van der Waals surface area contributed by atoms with Crippen LogP contribution in [-0.4, -0.2) is 12.4 Å². The Morgan fingerprint density at radius 2 is 1.94 bits per heavy atom. The van der Waals surface area contributed by atoms with Crippen molar-refractivity contribution in [3.63, 3.8) is 0 Å². The maximum Gasteiger partial charge on any atom is 0.122 e. The molecule has 0 radical (unpaired) electrons. The molecule has 0 fully saturated rings. The average Bonchev–Trinajstić information content (AvgIpc) is 2.29. The van der Waals surface area contributed by atoms with E-state index in [-0.39, 0.29) is 5.41 Å². The van der Waals surface area contributed by atoms with Crippen molar-refractivity contribution in [2.24, 2.45) is 11.3 Å². The number of hydrogen-bond donors (Lipinski definition) is 0. The van der Waals surface area contributed by atoms with Gasteiger partial charge in [-0.1, -0.05) is 54.9 Å². The minimum Gasteiger partial charge on any atom is -0.496 e. The standard InChI is InChI=1S/C14H21BrO/c1-11(2)14(3,10-15)9-12-7-5-6-8-13(12)16-4/h5-8,11H,9-10H2,1-4H3. The van der Waals surface area contributed by atoms with Crippen molar-refractivity contribution in [1.82, 2.24) is 0 Å². The largest absolute Gasteiger partial charge is 0.496 e. The van der Waals surface area contributed by atoms with Crippen molar-refractivity contribution in [1.29, 1.82) is 0 Å². The molecule has 1 nitrogen and oxygen atoms in total. The molecule has 90 valence electrons. The summed E-state index contributed by atoms with van der Waals surface area (Å²) >= 11 is 3.64. The van der Waals surface area contributed by atoms with Crippen LogP contribution in [0.25, 0.3) is 0 Å². The van der Waals surface area contributed by atoms with Gasteiger partial charge in [-0.2, -0.15) is 0 Å². The van der Waals surface area contributed by atoms with Crippen LogP contribution >= 0.6 is 15.9 Å². The summed E-state index contributed by atoms with van der Waals surface area (Å²) in [6, 6.07) is 8.28. The van der Waals surface area contributed by atoms with Gasteiger partial charge in [0.05, 0.1) is 7.11 Å². The summed E-state index contributed by atoms with van der Waals surface area (Å²) in [5.41, 5.74) is 1.56. The van der Waals surface area contributed by atoms with Crippen LogP contribution in [-0.2, 0) is 6.42 Å². The molecule has 0 amide bonds. The Labute approximate surface area is 107 Å². The zero-order chi connectivity index (χ0) is 12.2. The molecular weight excluding hydrogens is 264 g/mol. The summed E-state index contributed by atoms with van der Waals surface area (Å²) in [4.78, 5) is 0. The molecule has 1 aromatic carbocycles. The van der Waals surface area contributed by atoms with Gasteiger partial charge in [0.2, 0.25) is 0 Å². The number of halogens is 1. The quantitative estimate of drug-likeness (QED) is 0.733. The van der Waals surface area contributed by atoms with E-state index in [2.05, 4.69) is 48.8 Å². The van der Waals surface area contributed by atoms with Crippen LogP contribution < -0.4 is 4.74 Å². The second-order valence-corrected chi connectivity index (χ2v) is 5.49. The first-order chi connectivity index (χ1) is 7.53. The Bertz CT molecular complexity index is 335. The van der Waals surface area contributed by atoms with Crippen LogP contribution in [0.3, 0.4) is 0 Å². The van der Waals surface area contributed by atoms with Crippen molar-refractivity contribution in [3.8, 4) is 5.75 Å². The Hall–Kier alpha value is -0.500. The Morgan fingerprint density at radius 1 is 1.31 bits per heavy atom. The molecule has 0 aromatic heterocycles. The molecule has 0 aliphatic carbocycles. The normalized spacial score (nSPS) is 14.9. The van der Waals surface area contributed by atoms with Crippen LogP contribution in [0.5, 0.6) is 5.75 Å². The van der Waals surface area contributed by atoms with E-state index in [1.54, 1.807) is 7.11 Å². The lowest BCUT2D eigenvalue weighted by Crippen LogP contribution is -2.28. The van der Waals surface area contributed by atoms with Crippen LogP contribution in [0.4, 0.5) is 0 Å². The second kappa shape index (κ2) is 5.72. The molecule has 0 bridgehead atoms. The van der Waals surface area contributed by atoms with Crippen molar-refractivity contribution in [2.45, 2.75) is 27.2 Å². The number of hydrogen-bond acceptors (Lipinski definition) is 1. The maximum atomic E-state index is 5.40. The van der Waals surface area contributed by atoms with Gasteiger partial charge >= 0.3 is 0 Å². The van der Waals surface area contributed by atoms with Crippen molar-refractivity contribution >= 4 is 15.9 Å². The predicted molar refractivity (Wildman–Crippen MR) is 73.4 cm³/mol. The van der Waals surface area contributed by atoms with Crippen molar-refractivity contribution in [2.75, 3.05) is 12.4 Å². The van der Waals surface area contributed by atoms with Gasteiger partial charge in [-0.3, -0.25) is 0 Å². The highest BCUT2D eigenvalue weighted by atomic mass is 79.9. The molecular formula is C14H21BrO. The highest BCUT2D eigenvalue weighted by molar-refractivity contribution is 9.09. The smallest absolute Gasteiger partial charge is 0.122 e. The van der Waals surface area contributed by atoms with Crippen LogP contribution in [0.2, 0.25) is 0 Å². The molecule has 0 saturated carbocycles. The van der Waals surface area contributed by atoms with E-state index in [4.69, 9.17) is 4.74 Å². The number of benzene rings is 1. The number of alkyl halides is 1. The first kappa shape index (κ1) is 13.6. The lowest BCUT2D eigenvalue weighted by atomic mass is 9.76. The molecule has 1 atom stereocenters. The van der Waals surface area contributed by atoms with Gasteiger partial charge in [0.25, 0.3) is 0 Å². The molecule has 16 heavy (non-hydrogen) atoms. The SMILES string of the molecule is COc1ccccc1CC(C)(CBr)C(C)C. The number of ether oxygens (including phenoxy) is 1. The van der Waals surface area contributed by atoms with E-state index in [1.165, 1.54) is 5.56 Å². The molecule has 0 heterocycles. The van der Waals surface area contributed by atoms with E-state index in [1.807, 2.05) is 12.1 Å².